The van der Waals surface area contributed by atoms with E-state index >= 15 is 0 Å². The van der Waals surface area contributed by atoms with Crippen LogP contribution >= 0.6 is 34.5 Å². The highest BCUT2D eigenvalue weighted by atomic mass is 35.5. The Hall–Kier alpha value is -1.63. The van der Waals surface area contributed by atoms with Crippen LogP contribution in [0.4, 0.5) is 5.00 Å². The number of rotatable bonds is 3. The Kier molecular flexibility index (Phi) is 4.91. The number of amides is 1. The van der Waals surface area contributed by atoms with Gasteiger partial charge in [0.15, 0.2) is 11.5 Å². The molecule has 0 saturated carbocycles. The van der Waals surface area contributed by atoms with Gasteiger partial charge in [0, 0.05) is 10.9 Å². The summed E-state index contributed by atoms with van der Waals surface area (Å²) in [7, 11) is 0. The molecule has 2 heterocycles. The number of ether oxygens (including phenoxy) is 1. The molecule has 1 aliphatic carbocycles. The third-order valence-electron chi connectivity index (χ3n) is 5.07. The summed E-state index contributed by atoms with van der Waals surface area (Å²) in [5.41, 5.74) is 2.18. The first-order valence-corrected chi connectivity index (χ1v) is 10.5. The van der Waals surface area contributed by atoms with Crippen LogP contribution in [0.3, 0.4) is 0 Å². The number of halogens is 2. The number of hydrogen-bond donors (Lipinski definition) is 3. The number of phenolic OH excluding ortho intramolecular Hbond substituents is 1. The summed E-state index contributed by atoms with van der Waals surface area (Å²) in [6.07, 6.45) is 2.31. The van der Waals surface area contributed by atoms with Crippen molar-refractivity contribution in [1.29, 1.82) is 0 Å². The second-order valence-electron chi connectivity index (χ2n) is 6.97. The summed E-state index contributed by atoms with van der Waals surface area (Å²) in [6, 6.07) is 1.48. The molecule has 0 bridgehead atoms. The number of aromatic hydroxyl groups is 1. The van der Waals surface area contributed by atoms with Crippen molar-refractivity contribution in [2.45, 2.75) is 39.3 Å². The number of thiophene rings is 1. The van der Waals surface area contributed by atoms with Crippen LogP contribution in [0.25, 0.3) is 0 Å². The molecule has 5 nitrogen and oxygen atoms in total. The highest BCUT2D eigenvalue weighted by Gasteiger charge is 2.35. The van der Waals surface area contributed by atoms with Crippen LogP contribution in [0.5, 0.6) is 11.5 Å². The number of anilines is 1. The highest BCUT2D eigenvalue weighted by molar-refractivity contribution is 7.16. The molecule has 1 amide bonds. The van der Waals surface area contributed by atoms with Crippen LogP contribution in [-0.2, 0) is 12.8 Å². The van der Waals surface area contributed by atoms with Crippen LogP contribution in [0.1, 0.15) is 52.8 Å². The first-order chi connectivity index (χ1) is 12.9. The predicted octanol–water partition coefficient (Wildman–Crippen LogP) is 5.14. The Labute approximate surface area is 171 Å². The fraction of sp³-hybridized carbons (Fsp3) is 0.421. The number of nitrogens with one attached hydrogen (secondary N) is 2. The Morgan fingerprint density at radius 1 is 1.37 bits per heavy atom. The number of carbonyl (C=O) groups is 1. The summed E-state index contributed by atoms with van der Waals surface area (Å²) >= 11 is 14.2. The van der Waals surface area contributed by atoms with Gasteiger partial charge in [0.05, 0.1) is 27.8 Å². The first-order valence-electron chi connectivity index (χ1n) is 8.96. The van der Waals surface area contributed by atoms with E-state index in [-0.39, 0.29) is 27.5 Å². The summed E-state index contributed by atoms with van der Waals surface area (Å²) in [4.78, 5) is 14.1. The molecule has 144 valence electrons. The highest BCUT2D eigenvalue weighted by Crippen LogP contribution is 2.47. The average molecular weight is 427 g/mol. The predicted molar refractivity (Wildman–Crippen MR) is 109 cm³/mol. The van der Waals surface area contributed by atoms with Gasteiger partial charge in [-0.15, -0.1) is 11.3 Å². The molecule has 27 heavy (non-hydrogen) atoms. The van der Waals surface area contributed by atoms with Gasteiger partial charge in [0.2, 0.25) is 0 Å². The van der Waals surface area contributed by atoms with E-state index in [1.807, 2.05) is 6.92 Å². The van der Waals surface area contributed by atoms with E-state index in [0.29, 0.717) is 18.1 Å². The SMILES string of the molecule is CCOc1cc(Cl)c(Cl)c([C@H]2NC(=O)c3c(sc4c3CC[C@H](C)C4)N2)c1O. The van der Waals surface area contributed by atoms with Crippen molar-refractivity contribution in [1.82, 2.24) is 5.32 Å². The minimum Gasteiger partial charge on any atom is -0.504 e. The van der Waals surface area contributed by atoms with Crippen molar-refractivity contribution < 1.29 is 14.6 Å². The quantitative estimate of drug-likeness (QED) is 0.635. The first kappa shape index (κ1) is 18.7. The van der Waals surface area contributed by atoms with Gasteiger partial charge in [-0.2, -0.15) is 0 Å². The molecule has 4 rings (SSSR count). The minimum atomic E-state index is -0.687. The number of benzene rings is 1. The zero-order chi connectivity index (χ0) is 19.3. The maximum Gasteiger partial charge on any atom is 0.256 e. The van der Waals surface area contributed by atoms with Gasteiger partial charge in [-0.1, -0.05) is 30.1 Å². The van der Waals surface area contributed by atoms with E-state index in [0.717, 1.165) is 35.4 Å². The molecule has 0 spiro atoms. The lowest BCUT2D eigenvalue weighted by molar-refractivity contribution is 0.0934. The minimum absolute atomic E-state index is 0.123. The molecule has 2 aromatic rings. The fourth-order valence-electron chi connectivity index (χ4n) is 3.75. The molecule has 0 saturated heterocycles. The molecule has 1 aromatic carbocycles. The third kappa shape index (κ3) is 3.13. The summed E-state index contributed by atoms with van der Waals surface area (Å²) < 4.78 is 5.45. The van der Waals surface area contributed by atoms with Crippen molar-refractivity contribution in [3.63, 3.8) is 0 Å². The standard InChI is InChI=1S/C19H20Cl2N2O3S/c1-3-26-11-7-10(20)15(21)14(16(11)24)17-22-18(25)13-9-5-4-8(2)6-12(9)27-19(13)23-17/h7-8,17,23-24H,3-6H2,1-2H3,(H,22,25)/t8-,17-/m0/s1. The smallest absolute Gasteiger partial charge is 0.256 e. The van der Waals surface area contributed by atoms with Crippen LogP contribution in [0.2, 0.25) is 10.0 Å². The van der Waals surface area contributed by atoms with E-state index in [2.05, 4.69) is 17.6 Å². The van der Waals surface area contributed by atoms with Crippen LogP contribution < -0.4 is 15.4 Å². The van der Waals surface area contributed by atoms with Crippen molar-refractivity contribution in [3.05, 3.63) is 37.7 Å². The molecule has 2 atom stereocenters. The van der Waals surface area contributed by atoms with E-state index in [1.165, 1.54) is 10.9 Å². The van der Waals surface area contributed by atoms with Gasteiger partial charge in [-0.25, -0.2) is 0 Å². The van der Waals surface area contributed by atoms with Crippen molar-refractivity contribution in [2.24, 2.45) is 5.92 Å². The fourth-order valence-corrected chi connectivity index (χ4v) is 5.64. The lowest BCUT2D eigenvalue weighted by Gasteiger charge is -2.28. The van der Waals surface area contributed by atoms with Crippen molar-refractivity contribution in [2.75, 3.05) is 11.9 Å². The van der Waals surface area contributed by atoms with Gasteiger partial charge in [-0.05, 0) is 37.7 Å². The Balaban J connectivity index is 1.76. The lowest BCUT2D eigenvalue weighted by atomic mass is 9.88. The molecule has 8 heteroatoms. The summed E-state index contributed by atoms with van der Waals surface area (Å²) in [5.74, 6) is 0.580. The number of phenols is 1. The summed E-state index contributed by atoms with van der Waals surface area (Å²) in [6.45, 7) is 4.41. The largest absolute Gasteiger partial charge is 0.504 e. The van der Waals surface area contributed by atoms with Gasteiger partial charge >= 0.3 is 0 Å². The Bertz CT molecular complexity index is 928. The average Bonchev–Trinajstić information content (AvgIpc) is 2.97. The van der Waals surface area contributed by atoms with Gasteiger partial charge < -0.3 is 20.5 Å². The maximum atomic E-state index is 12.9. The second-order valence-corrected chi connectivity index (χ2v) is 8.86. The zero-order valence-corrected chi connectivity index (χ0v) is 17.3. The number of carbonyl (C=O) groups excluding carboxylic acids is 1. The van der Waals surface area contributed by atoms with Gasteiger partial charge in [0.25, 0.3) is 5.91 Å². The monoisotopic (exact) mass is 426 g/mol. The molecule has 1 aromatic heterocycles. The summed E-state index contributed by atoms with van der Waals surface area (Å²) in [5, 5.41) is 18.2. The van der Waals surface area contributed by atoms with Crippen LogP contribution in [0, 0.1) is 5.92 Å². The zero-order valence-electron chi connectivity index (χ0n) is 15.0. The number of fused-ring (bicyclic) bond motifs is 3. The van der Waals surface area contributed by atoms with E-state index in [9.17, 15) is 9.90 Å². The van der Waals surface area contributed by atoms with E-state index in [1.54, 1.807) is 11.3 Å². The topological polar surface area (TPSA) is 70.6 Å². The second kappa shape index (κ2) is 7.08. The molecule has 0 radical (unpaired) electrons. The molecule has 0 unspecified atom stereocenters. The molecule has 1 aliphatic heterocycles. The molecule has 0 fully saturated rings. The van der Waals surface area contributed by atoms with Gasteiger partial charge in [0.1, 0.15) is 11.2 Å². The van der Waals surface area contributed by atoms with Crippen LogP contribution in [-0.4, -0.2) is 17.6 Å². The molecular formula is C19H20Cl2N2O3S. The maximum absolute atomic E-state index is 12.9. The normalized spacial score (nSPS) is 21.1. The van der Waals surface area contributed by atoms with Crippen molar-refractivity contribution in [3.8, 4) is 11.5 Å². The van der Waals surface area contributed by atoms with E-state index in [4.69, 9.17) is 27.9 Å². The van der Waals surface area contributed by atoms with Gasteiger partial charge in [-0.3, -0.25) is 4.79 Å². The number of hydrogen-bond acceptors (Lipinski definition) is 5. The molecule has 3 N–H and O–H groups in total. The molecular weight excluding hydrogens is 407 g/mol. The Morgan fingerprint density at radius 3 is 2.89 bits per heavy atom. The van der Waals surface area contributed by atoms with E-state index < -0.39 is 6.17 Å². The lowest BCUT2D eigenvalue weighted by Crippen LogP contribution is -2.38. The van der Waals surface area contributed by atoms with Crippen molar-refractivity contribution >= 4 is 45.4 Å². The third-order valence-corrected chi connectivity index (χ3v) is 7.06. The Morgan fingerprint density at radius 2 is 2.15 bits per heavy atom. The van der Waals surface area contributed by atoms with Crippen LogP contribution in [0.15, 0.2) is 6.07 Å². The molecule has 2 aliphatic rings.